The highest BCUT2D eigenvalue weighted by molar-refractivity contribution is 7.10. The van der Waals surface area contributed by atoms with Crippen molar-refractivity contribution < 1.29 is 9.53 Å². The Balaban J connectivity index is 1.30. The number of H-pyrrole nitrogens is 1. The Morgan fingerprint density at radius 2 is 2.12 bits per heavy atom. The number of carbonyl (C=O) groups is 1. The number of ether oxygens (including phenoxy) is 1. The second-order valence-electron chi connectivity index (χ2n) is 7.13. The summed E-state index contributed by atoms with van der Waals surface area (Å²) in [6.07, 6.45) is 3.15. The van der Waals surface area contributed by atoms with E-state index in [0.29, 0.717) is 6.42 Å². The van der Waals surface area contributed by atoms with Crippen LogP contribution in [0.1, 0.15) is 29.0 Å². The van der Waals surface area contributed by atoms with Gasteiger partial charge in [-0.3, -0.25) is 9.89 Å². The minimum absolute atomic E-state index is 0.163. The van der Waals surface area contributed by atoms with Crippen LogP contribution in [0.25, 0.3) is 10.9 Å². The van der Waals surface area contributed by atoms with Gasteiger partial charge in [0, 0.05) is 29.8 Å². The molecule has 0 unspecified atom stereocenters. The van der Waals surface area contributed by atoms with Gasteiger partial charge in [-0.1, -0.05) is 18.2 Å². The Kier molecular flexibility index (Phi) is 3.83. The topological polar surface area (TPSA) is 58.2 Å². The normalized spacial score (nSPS) is 19.0. The molecule has 4 heterocycles. The fourth-order valence-corrected chi connectivity index (χ4v) is 5.25. The molecule has 6 heteroatoms. The second kappa shape index (κ2) is 6.21. The van der Waals surface area contributed by atoms with Gasteiger partial charge in [0.1, 0.15) is 0 Å². The molecule has 1 saturated heterocycles. The molecule has 0 bridgehead atoms. The number of nitrogens with zero attached hydrogens (tertiary/aromatic N) is 2. The van der Waals surface area contributed by atoms with Crippen molar-refractivity contribution in [1.82, 2.24) is 15.1 Å². The number of fused-ring (bicyclic) bond motifs is 3. The maximum atomic E-state index is 12.8. The number of likely N-dealkylation sites (tertiary alicyclic amines) is 1. The SMILES string of the molecule is O=C(Cc1[nH]nc2ccccc12)N1CCC2(CC1)OCCc1sccc12. The summed E-state index contributed by atoms with van der Waals surface area (Å²) in [6.45, 7) is 2.29. The van der Waals surface area contributed by atoms with Crippen molar-refractivity contribution in [1.29, 1.82) is 0 Å². The first kappa shape index (κ1) is 16.0. The Morgan fingerprint density at radius 1 is 1.27 bits per heavy atom. The van der Waals surface area contributed by atoms with Crippen LogP contribution >= 0.6 is 11.3 Å². The molecule has 3 aromatic rings. The Hall–Kier alpha value is -2.18. The lowest BCUT2D eigenvalue weighted by Gasteiger charge is -2.44. The number of aromatic amines is 1. The van der Waals surface area contributed by atoms with Crippen molar-refractivity contribution in [3.8, 4) is 0 Å². The van der Waals surface area contributed by atoms with Gasteiger partial charge in [-0.2, -0.15) is 5.10 Å². The number of rotatable bonds is 2. The van der Waals surface area contributed by atoms with Crippen molar-refractivity contribution in [2.45, 2.75) is 31.3 Å². The first-order valence-corrected chi connectivity index (χ1v) is 10.0. The molecule has 1 N–H and O–H groups in total. The van der Waals surface area contributed by atoms with E-state index >= 15 is 0 Å². The van der Waals surface area contributed by atoms with E-state index in [1.807, 2.05) is 40.5 Å². The molecule has 1 fully saturated rings. The molecule has 5 rings (SSSR count). The molecule has 0 aliphatic carbocycles. The molecule has 134 valence electrons. The lowest BCUT2D eigenvalue weighted by Crippen LogP contribution is -2.48. The van der Waals surface area contributed by atoms with Crippen LogP contribution < -0.4 is 0 Å². The van der Waals surface area contributed by atoms with E-state index in [9.17, 15) is 4.79 Å². The molecular formula is C20H21N3O2S. The fraction of sp³-hybridized carbons (Fsp3) is 0.400. The number of benzene rings is 1. The number of para-hydroxylation sites is 1. The lowest BCUT2D eigenvalue weighted by atomic mass is 9.82. The minimum atomic E-state index is -0.176. The number of carbonyl (C=O) groups excluding carboxylic acids is 1. The van der Waals surface area contributed by atoms with E-state index in [0.717, 1.165) is 55.6 Å². The van der Waals surface area contributed by atoms with E-state index in [1.54, 1.807) is 0 Å². The molecule has 2 aliphatic rings. The Bertz CT molecular complexity index is 953. The molecule has 5 nitrogen and oxygen atoms in total. The van der Waals surface area contributed by atoms with Crippen LogP contribution in [-0.4, -0.2) is 40.7 Å². The van der Waals surface area contributed by atoms with Gasteiger partial charge in [-0.25, -0.2) is 0 Å². The average molecular weight is 367 g/mol. The summed E-state index contributed by atoms with van der Waals surface area (Å²) in [6, 6.07) is 10.1. The van der Waals surface area contributed by atoms with E-state index < -0.39 is 0 Å². The predicted octanol–water partition coefficient (Wildman–Crippen LogP) is 3.26. The third-order valence-electron chi connectivity index (χ3n) is 5.74. The third-order valence-corrected chi connectivity index (χ3v) is 6.72. The first-order valence-electron chi connectivity index (χ1n) is 9.16. The maximum Gasteiger partial charge on any atom is 0.228 e. The summed E-state index contributed by atoms with van der Waals surface area (Å²) >= 11 is 1.83. The Morgan fingerprint density at radius 3 is 3.00 bits per heavy atom. The maximum absolute atomic E-state index is 12.8. The van der Waals surface area contributed by atoms with Crippen LogP contribution in [0.4, 0.5) is 0 Å². The zero-order valence-electron chi connectivity index (χ0n) is 14.5. The monoisotopic (exact) mass is 367 g/mol. The van der Waals surface area contributed by atoms with Gasteiger partial charge in [-0.15, -0.1) is 11.3 Å². The van der Waals surface area contributed by atoms with Gasteiger partial charge in [0.15, 0.2) is 0 Å². The highest BCUT2D eigenvalue weighted by Crippen LogP contribution is 2.43. The zero-order valence-corrected chi connectivity index (χ0v) is 15.3. The molecule has 0 saturated carbocycles. The van der Waals surface area contributed by atoms with Gasteiger partial charge >= 0.3 is 0 Å². The van der Waals surface area contributed by atoms with Crippen LogP contribution in [-0.2, 0) is 28.0 Å². The largest absolute Gasteiger partial charge is 0.370 e. The number of nitrogens with one attached hydrogen (secondary N) is 1. The van der Waals surface area contributed by atoms with Crippen LogP contribution in [0.5, 0.6) is 0 Å². The molecule has 26 heavy (non-hydrogen) atoms. The van der Waals surface area contributed by atoms with Crippen LogP contribution in [0.2, 0.25) is 0 Å². The number of thiophene rings is 1. The van der Waals surface area contributed by atoms with Gasteiger partial charge < -0.3 is 9.64 Å². The highest BCUT2D eigenvalue weighted by atomic mass is 32.1. The minimum Gasteiger partial charge on any atom is -0.370 e. The molecule has 0 atom stereocenters. The van der Waals surface area contributed by atoms with E-state index in [4.69, 9.17) is 4.74 Å². The zero-order chi connectivity index (χ0) is 17.6. The Labute approximate surface area is 156 Å². The quantitative estimate of drug-likeness (QED) is 0.756. The van der Waals surface area contributed by atoms with Crippen molar-refractivity contribution in [3.05, 3.63) is 51.8 Å². The van der Waals surface area contributed by atoms with E-state index in [-0.39, 0.29) is 11.5 Å². The predicted molar refractivity (Wildman–Crippen MR) is 101 cm³/mol. The van der Waals surface area contributed by atoms with Crippen molar-refractivity contribution in [2.75, 3.05) is 19.7 Å². The lowest BCUT2D eigenvalue weighted by molar-refractivity contribution is -0.140. The van der Waals surface area contributed by atoms with Crippen LogP contribution in [0.15, 0.2) is 35.7 Å². The smallest absolute Gasteiger partial charge is 0.228 e. The van der Waals surface area contributed by atoms with Gasteiger partial charge in [0.05, 0.1) is 29.8 Å². The third kappa shape index (κ3) is 2.56. The van der Waals surface area contributed by atoms with E-state index in [1.165, 1.54) is 10.4 Å². The average Bonchev–Trinajstić information content (AvgIpc) is 3.31. The first-order chi connectivity index (χ1) is 12.8. The summed E-state index contributed by atoms with van der Waals surface area (Å²) in [7, 11) is 0. The van der Waals surface area contributed by atoms with Gasteiger partial charge in [0.2, 0.25) is 5.91 Å². The molecular weight excluding hydrogens is 346 g/mol. The molecule has 1 spiro atoms. The molecule has 2 aliphatic heterocycles. The van der Waals surface area contributed by atoms with Gasteiger partial charge in [-0.05, 0) is 35.9 Å². The van der Waals surface area contributed by atoms with Crippen molar-refractivity contribution in [2.24, 2.45) is 0 Å². The molecule has 2 aromatic heterocycles. The molecule has 1 amide bonds. The fourth-order valence-electron chi connectivity index (χ4n) is 4.30. The van der Waals surface area contributed by atoms with E-state index in [2.05, 4.69) is 21.6 Å². The number of hydrogen-bond donors (Lipinski definition) is 1. The summed E-state index contributed by atoms with van der Waals surface area (Å²) in [5.74, 6) is 0.163. The summed E-state index contributed by atoms with van der Waals surface area (Å²) < 4.78 is 6.24. The van der Waals surface area contributed by atoms with Crippen LogP contribution in [0.3, 0.4) is 0 Å². The highest BCUT2D eigenvalue weighted by Gasteiger charge is 2.42. The number of hydrogen-bond acceptors (Lipinski definition) is 4. The van der Waals surface area contributed by atoms with Crippen molar-refractivity contribution >= 4 is 28.1 Å². The second-order valence-corrected chi connectivity index (χ2v) is 8.13. The summed E-state index contributed by atoms with van der Waals surface area (Å²) in [4.78, 5) is 16.3. The van der Waals surface area contributed by atoms with Crippen molar-refractivity contribution in [3.63, 3.8) is 0 Å². The van der Waals surface area contributed by atoms with Gasteiger partial charge in [0.25, 0.3) is 0 Å². The standard InChI is InChI=1S/C20H21N3O2S/c24-19(13-17-14-3-1-2-4-16(14)21-22-17)23-9-7-20(8-10-23)15-6-12-26-18(15)5-11-25-20/h1-4,6,12H,5,7-11,13H2,(H,21,22). The number of piperidine rings is 1. The van der Waals surface area contributed by atoms with Crippen LogP contribution in [0, 0.1) is 0 Å². The summed E-state index contributed by atoms with van der Waals surface area (Å²) in [5, 5.41) is 10.5. The summed E-state index contributed by atoms with van der Waals surface area (Å²) in [5.41, 5.74) is 3.00. The number of aromatic nitrogens is 2. The molecule has 1 aromatic carbocycles. The number of amides is 1. The molecule has 0 radical (unpaired) electrons.